The number of hydrogen-bond donors (Lipinski definition) is 2. The summed E-state index contributed by atoms with van der Waals surface area (Å²) in [6, 6.07) is 9.57. The van der Waals surface area contributed by atoms with Crippen molar-refractivity contribution in [3.8, 4) is 5.82 Å². The molecule has 1 fully saturated rings. The molecule has 1 aliphatic carbocycles. The number of nitrogens with zero attached hydrogens (tertiary/aromatic N) is 4. The second kappa shape index (κ2) is 9.02. The number of imidazole rings is 1. The number of halogens is 3. The largest absolute Gasteiger partial charge is 0.416 e. The molecule has 0 unspecified atom stereocenters. The van der Waals surface area contributed by atoms with E-state index >= 15 is 0 Å². The number of benzene rings is 1. The van der Waals surface area contributed by atoms with E-state index in [9.17, 15) is 13.2 Å². The lowest BCUT2D eigenvalue weighted by Gasteiger charge is -2.43. The number of alkyl halides is 3. The van der Waals surface area contributed by atoms with Crippen molar-refractivity contribution in [2.75, 3.05) is 13.6 Å². The molecule has 4 rings (SSSR count). The summed E-state index contributed by atoms with van der Waals surface area (Å²) in [6.45, 7) is 1.04. The van der Waals surface area contributed by atoms with Gasteiger partial charge >= 0.3 is 6.18 Å². The first-order chi connectivity index (χ1) is 15.4. The molecule has 0 aliphatic heterocycles. The molecule has 6 nitrogen and oxygen atoms in total. The quantitative estimate of drug-likeness (QED) is 0.446. The average Bonchev–Trinajstić information content (AvgIpc) is 3.30. The van der Waals surface area contributed by atoms with Gasteiger partial charge in [-0.15, -0.1) is 0 Å². The van der Waals surface area contributed by atoms with E-state index in [1.54, 1.807) is 31.8 Å². The van der Waals surface area contributed by atoms with Crippen LogP contribution < -0.4 is 10.6 Å². The number of guanidine groups is 1. The minimum Gasteiger partial charge on any atom is -0.356 e. The van der Waals surface area contributed by atoms with Gasteiger partial charge < -0.3 is 10.6 Å². The van der Waals surface area contributed by atoms with Crippen LogP contribution in [-0.2, 0) is 18.1 Å². The lowest BCUT2D eigenvalue weighted by atomic mass is 9.64. The Morgan fingerprint density at radius 1 is 1.19 bits per heavy atom. The van der Waals surface area contributed by atoms with Gasteiger partial charge in [0.25, 0.3) is 0 Å². The lowest BCUT2D eigenvalue weighted by Crippen LogP contribution is -2.48. The molecule has 9 heteroatoms. The van der Waals surface area contributed by atoms with Gasteiger partial charge in [-0.2, -0.15) is 13.2 Å². The highest BCUT2D eigenvalue weighted by molar-refractivity contribution is 5.79. The van der Waals surface area contributed by atoms with Gasteiger partial charge in [-0.25, -0.2) is 9.97 Å². The first-order valence-corrected chi connectivity index (χ1v) is 10.5. The second-order valence-corrected chi connectivity index (χ2v) is 7.99. The van der Waals surface area contributed by atoms with Crippen molar-refractivity contribution in [1.82, 2.24) is 25.2 Å². The Morgan fingerprint density at radius 3 is 2.62 bits per heavy atom. The predicted molar refractivity (Wildman–Crippen MR) is 117 cm³/mol. The number of aromatic nitrogens is 3. The van der Waals surface area contributed by atoms with E-state index in [4.69, 9.17) is 0 Å². The van der Waals surface area contributed by atoms with Crippen molar-refractivity contribution >= 4 is 5.96 Å². The number of hydrogen-bond acceptors (Lipinski definition) is 3. The normalized spacial score (nSPS) is 15.8. The van der Waals surface area contributed by atoms with Crippen LogP contribution in [0.5, 0.6) is 0 Å². The Bertz CT molecular complexity index is 1050. The third-order valence-corrected chi connectivity index (χ3v) is 5.97. The topological polar surface area (TPSA) is 67.1 Å². The molecule has 1 saturated carbocycles. The Morgan fingerprint density at radius 2 is 2.03 bits per heavy atom. The summed E-state index contributed by atoms with van der Waals surface area (Å²) in [5.74, 6) is 1.38. The molecule has 0 spiro atoms. The summed E-state index contributed by atoms with van der Waals surface area (Å²) in [4.78, 5) is 12.7. The zero-order valence-electron chi connectivity index (χ0n) is 17.7. The van der Waals surface area contributed by atoms with Crippen LogP contribution in [-0.4, -0.2) is 34.1 Å². The molecular weight excluding hydrogens is 417 g/mol. The maximum Gasteiger partial charge on any atom is 0.416 e. The fraction of sp³-hybridized carbons (Fsp3) is 0.348. The van der Waals surface area contributed by atoms with E-state index in [1.807, 2.05) is 22.9 Å². The first kappa shape index (κ1) is 21.9. The van der Waals surface area contributed by atoms with Gasteiger partial charge in [-0.3, -0.25) is 9.56 Å². The molecule has 1 aliphatic rings. The van der Waals surface area contributed by atoms with Crippen molar-refractivity contribution in [2.24, 2.45) is 4.99 Å². The molecule has 0 bridgehead atoms. The summed E-state index contributed by atoms with van der Waals surface area (Å²) >= 11 is 0. The Labute approximate surface area is 184 Å². The van der Waals surface area contributed by atoms with Gasteiger partial charge in [0.05, 0.1) is 5.56 Å². The van der Waals surface area contributed by atoms with E-state index < -0.39 is 11.7 Å². The van der Waals surface area contributed by atoms with Crippen LogP contribution in [0.3, 0.4) is 0 Å². The summed E-state index contributed by atoms with van der Waals surface area (Å²) in [7, 11) is 1.67. The molecule has 168 valence electrons. The highest BCUT2D eigenvalue weighted by atomic mass is 19.4. The van der Waals surface area contributed by atoms with Crippen LogP contribution in [0, 0.1) is 0 Å². The van der Waals surface area contributed by atoms with Gasteiger partial charge in [-0.1, -0.05) is 30.7 Å². The molecule has 2 N–H and O–H groups in total. The van der Waals surface area contributed by atoms with Crippen LogP contribution in [0.15, 0.2) is 66.3 Å². The third-order valence-electron chi connectivity index (χ3n) is 5.97. The van der Waals surface area contributed by atoms with Crippen LogP contribution in [0.1, 0.15) is 36.0 Å². The zero-order valence-corrected chi connectivity index (χ0v) is 17.7. The van der Waals surface area contributed by atoms with Gasteiger partial charge in [0.1, 0.15) is 12.1 Å². The van der Waals surface area contributed by atoms with Crippen LogP contribution in [0.2, 0.25) is 0 Å². The average molecular weight is 442 g/mol. The highest BCUT2D eigenvalue weighted by Crippen LogP contribution is 2.44. The molecule has 0 atom stereocenters. The molecule has 0 radical (unpaired) electrons. The Kier molecular flexibility index (Phi) is 6.16. The van der Waals surface area contributed by atoms with E-state index in [1.165, 1.54) is 12.1 Å². The fourth-order valence-electron chi connectivity index (χ4n) is 3.92. The maximum atomic E-state index is 13.2. The molecule has 1 aromatic carbocycles. The van der Waals surface area contributed by atoms with Gasteiger partial charge in [0.15, 0.2) is 5.96 Å². The standard InChI is InChI=1S/C23H25F3N6/c1-27-21(30-14-17-6-7-20(29-13-17)32-11-10-28-16-32)31-15-22(8-3-9-22)18-4-2-5-19(12-18)23(24,25)26/h2,4-7,10-13,16H,3,8-9,14-15H2,1H3,(H2,27,30,31). The molecule has 3 aromatic rings. The van der Waals surface area contributed by atoms with Crippen molar-refractivity contribution in [1.29, 1.82) is 0 Å². The fourth-order valence-corrected chi connectivity index (χ4v) is 3.92. The minimum atomic E-state index is -4.34. The molecule has 2 heterocycles. The molecular formula is C23H25F3N6. The Hall–Kier alpha value is -3.36. The number of rotatable bonds is 6. The van der Waals surface area contributed by atoms with Gasteiger partial charge in [-0.05, 0) is 36.1 Å². The molecule has 2 aromatic heterocycles. The first-order valence-electron chi connectivity index (χ1n) is 10.5. The van der Waals surface area contributed by atoms with Crippen LogP contribution in [0.4, 0.5) is 13.2 Å². The van der Waals surface area contributed by atoms with E-state index in [0.717, 1.165) is 42.3 Å². The monoisotopic (exact) mass is 442 g/mol. The lowest BCUT2D eigenvalue weighted by molar-refractivity contribution is -0.137. The maximum absolute atomic E-state index is 13.2. The third kappa shape index (κ3) is 4.76. The molecule has 0 amide bonds. The van der Waals surface area contributed by atoms with E-state index in [2.05, 4.69) is 25.6 Å². The summed E-state index contributed by atoms with van der Waals surface area (Å²) < 4.78 is 41.3. The van der Waals surface area contributed by atoms with Crippen LogP contribution >= 0.6 is 0 Å². The smallest absolute Gasteiger partial charge is 0.356 e. The van der Waals surface area contributed by atoms with Crippen molar-refractivity contribution in [3.63, 3.8) is 0 Å². The van der Waals surface area contributed by atoms with E-state index in [0.29, 0.717) is 19.0 Å². The zero-order chi connectivity index (χ0) is 22.6. The summed E-state index contributed by atoms with van der Waals surface area (Å²) in [6.07, 6.45) is 5.34. The van der Waals surface area contributed by atoms with Crippen molar-refractivity contribution in [3.05, 3.63) is 78.0 Å². The summed E-state index contributed by atoms with van der Waals surface area (Å²) in [5.41, 5.74) is 0.789. The molecule has 32 heavy (non-hydrogen) atoms. The van der Waals surface area contributed by atoms with Crippen LogP contribution in [0.25, 0.3) is 5.82 Å². The summed E-state index contributed by atoms with van der Waals surface area (Å²) in [5, 5.41) is 6.55. The SMILES string of the molecule is CN=C(NCc1ccc(-n2ccnc2)nc1)NCC1(c2cccc(C(F)(F)F)c2)CCC1. The number of aliphatic imine (C=N–C) groups is 1. The van der Waals surface area contributed by atoms with Crippen molar-refractivity contribution < 1.29 is 13.2 Å². The highest BCUT2D eigenvalue weighted by Gasteiger charge is 2.40. The number of pyridine rings is 1. The van der Waals surface area contributed by atoms with Gasteiger partial charge in [0.2, 0.25) is 0 Å². The Balaban J connectivity index is 1.37. The van der Waals surface area contributed by atoms with E-state index in [-0.39, 0.29) is 5.41 Å². The molecule has 0 saturated heterocycles. The minimum absolute atomic E-state index is 0.313. The predicted octanol–water partition coefficient (Wildman–Crippen LogP) is 4.07. The second-order valence-electron chi connectivity index (χ2n) is 7.99. The van der Waals surface area contributed by atoms with Crippen molar-refractivity contribution in [2.45, 2.75) is 37.4 Å². The van der Waals surface area contributed by atoms with Gasteiger partial charge in [0, 0.05) is 44.1 Å². The number of nitrogens with one attached hydrogen (secondary N) is 2.